The summed E-state index contributed by atoms with van der Waals surface area (Å²) >= 11 is 0. The Hall–Kier alpha value is 1.06. The van der Waals surface area contributed by atoms with Crippen molar-refractivity contribution in [3.8, 4) is 0 Å². The summed E-state index contributed by atoms with van der Waals surface area (Å²) in [5, 5.41) is 0. The van der Waals surface area contributed by atoms with Gasteiger partial charge in [-0.3, -0.25) is 0 Å². The van der Waals surface area contributed by atoms with E-state index in [4.69, 9.17) is 0 Å². The molecule has 2 heteroatoms. The van der Waals surface area contributed by atoms with Crippen molar-refractivity contribution in [3.05, 3.63) is 5.92 Å². The van der Waals surface area contributed by atoms with E-state index in [-0.39, 0.29) is 35.5 Å². The number of hydrogen-bond acceptors (Lipinski definition) is 0. The van der Waals surface area contributed by atoms with Gasteiger partial charge in [0.05, 0.1) is 0 Å². The molecule has 0 bridgehead atoms. The fraction of sp³-hybridized carbons (Fsp3) is 0.750. The third-order valence-corrected chi connectivity index (χ3v) is 0. The Balaban J connectivity index is -0.0000000450. The zero-order valence-corrected chi connectivity index (χ0v) is 6.76. The number of halogens is 1. The molecule has 0 aliphatic rings. The summed E-state index contributed by atoms with van der Waals surface area (Å²) in [5.41, 5.74) is 0. The van der Waals surface area contributed by atoms with Crippen LogP contribution in [0.4, 0.5) is 0 Å². The van der Waals surface area contributed by atoms with E-state index in [9.17, 15) is 0 Å². The third-order valence-electron chi connectivity index (χ3n) is 0. The summed E-state index contributed by atoms with van der Waals surface area (Å²) in [6, 6.07) is 0. The summed E-state index contributed by atoms with van der Waals surface area (Å²) in [6.07, 6.45) is 0. The predicted octanol–water partition coefficient (Wildman–Crippen LogP) is -1.76. The van der Waals surface area contributed by atoms with Crippen LogP contribution in [0.2, 0.25) is 0 Å². The van der Waals surface area contributed by atoms with Gasteiger partial charge in [-0.05, 0) is 0 Å². The summed E-state index contributed by atoms with van der Waals surface area (Å²) in [6.45, 7) is 6.25. The number of rotatable bonds is 0. The molecular weight excluding hydrogens is 108 g/mol. The van der Waals surface area contributed by atoms with Crippen LogP contribution in [-0.4, -0.2) is 23.1 Å². The number of hydrogen-bond donors (Lipinski definition) is 0. The maximum absolute atomic E-state index is 2.08. The largest absolute Gasteiger partial charge is 2.00 e. The Morgan fingerprint density at radius 1 is 1.00 bits per heavy atom. The standard InChI is InChI=1S/C4H9.ClH.Mg/c1-4(2)3;;/h1-3H3;1H;/q-1;;+2/p-1. The molecule has 0 aliphatic carbocycles. The third kappa shape index (κ3) is 74.6. The molecule has 0 aromatic heterocycles. The summed E-state index contributed by atoms with van der Waals surface area (Å²) < 4.78 is 0. The second-order valence-electron chi connectivity index (χ2n) is 1.50. The smallest absolute Gasteiger partial charge is 1.00 e. The van der Waals surface area contributed by atoms with Crippen molar-refractivity contribution in [1.29, 1.82) is 0 Å². The first-order valence-electron chi connectivity index (χ1n) is 1.50. The molecule has 0 atom stereocenters. The van der Waals surface area contributed by atoms with E-state index in [0.29, 0.717) is 0 Å². The molecule has 0 aromatic carbocycles. The molecule has 6 heavy (non-hydrogen) atoms. The Kier molecular flexibility index (Phi) is 24.7. The molecule has 0 N–H and O–H groups in total. The van der Waals surface area contributed by atoms with Crippen LogP contribution < -0.4 is 12.4 Å². The molecule has 0 spiro atoms. The van der Waals surface area contributed by atoms with Crippen molar-refractivity contribution >= 4 is 23.1 Å². The van der Waals surface area contributed by atoms with Gasteiger partial charge in [-0.15, -0.1) is 0 Å². The van der Waals surface area contributed by atoms with Crippen LogP contribution in [0.1, 0.15) is 20.8 Å². The van der Waals surface area contributed by atoms with Crippen LogP contribution >= 0.6 is 0 Å². The predicted molar refractivity (Wildman–Crippen MR) is 26.0 cm³/mol. The van der Waals surface area contributed by atoms with E-state index in [1.807, 2.05) is 0 Å². The second-order valence-corrected chi connectivity index (χ2v) is 1.50. The molecule has 0 aromatic rings. The minimum absolute atomic E-state index is 0. The van der Waals surface area contributed by atoms with E-state index < -0.39 is 0 Å². The average molecular weight is 117 g/mol. The first kappa shape index (κ1) is 15.7. The molecule has 0 aliphatic heterocycles. The zero-order chi connectivity index (χ0) is 3.58. The maximum Gasteiger partial charge on any atom is 2.00 e. The Bertz CT molecular complexity index is 12.3. The molecule has 0 radical (unpaired) electrons. The summed E-state index contributed by atoms with van der Waals surface area (Å²) in [7, 11) is 0. The molecule has 0 unspecified atom stereocenters. The van der Waals surface area contributed by atoms with Gasteiger partial charge < -0.3 is 18.3 Å². The fourth-order valence-electron chi connectivity index (χ4n) is 0. The molecule has 0 amide bonds. The van der Waals surface area contributed by atoms with Crippen molar-refractivity contribution < 1.29 is 12.4 Å². The molecule has 0 heterocycles. The van der Waals surface area contributed by atoms with E-state index in [1.54, 1.807) is 0 Å². The fourth-order valence-corrected chi connectivity index (χ4v) is 0. The van der Waals surface area contributed by atoms with Gasteiger partial charge in [0.15, 0.2) is 0 Å². The second kappa shape index (κ2) is 9.41. The van der Waals surface area contributed by atoms with Crippen LogP contribution in [0.5, 0.6) is 0 Å². The van der Waals surface area contributed by atoms with Crippen LogP contribution in [0.25, 0.3) is 0 Å². The van der Waals surface area contributed by atoms with Crippen LogP contribution in [0.15, 0.2) is 0 Å². The summed E-state index contributed by atoms with van der Waals surface area (Å²) in [4.78, 5) is 0. The molecule has 0 saturated carbocycles. The normalized spacial score (nSPS) is 6.00. The quantitative estimate of drug-likeness (QED) is 0.260. The Morgan fingerprint density at radius 2 is 1.00 bits per heavy atom. The molecule has 0 saturated heterocycles. The van der Waals surface area contributed by atoms with E-state index in [1.165, 1.54) is 5.92 Å². The van der Waals surface area contributed by atoms with Crippen molar-refractivity contribution in [3.63, 3.8) is 0 Å². The molecule has 0 fully saturated rings. The van der Waals surface area contributed by atoms with Crippen LogP contribution in [0, 0.1) is 5.92 Å². The first-order valence-corrected chi connectivity index (χ1v) is 1.50. The van der Waals surface area contributed by atoms with Gasteiger partial charge in [0.2, 0.25) is 0 Å². The van der Waals surface area contributed by atoms with Gasteiger partial charge in [-0.25, -0.2) is 0 Å². The maximum atomic E-state index is 2.08. The van der Waals surface area contributed by atoms with E-state index in [2.05, 4.69) is 20.8 Å². The van der Waals surface area contributed by atoms with E-state index in [0.717, 1.165) is 0 Å². The monoisotopic (exact) mass is 116 g/mol. The van der Waals surface area contributed by atoms with E-state index >= 15 is 0 Å². The first-order chi connectivity index (χ1) is 1.73. The van der Waals surface area contributed by atoms with Gasteiger partial charge in [-0.2, -0.15) is 20.8 Å². The SMILES string of the molecule is C[C-](C)C.[Cl-].[Mg+2]. The Morgan fingerprint density at radius 3 is 1.00 bits per heavy atom. The van der Waals surface area contributed by atoms with Gasteiger partial charge >= 0.3 is 23.1 Å². The molecular formula is C4H9ClMg. The molecule has 0 nitrogen and oxygen atoms in total. The Labute approximate surface area is 62.3 Å². The van der Waals surface area contributed by atoms with Gasteiger partial charge in [0, 0.05) is 0 Å². The van der Waals surface area contributed by atoms with Gasteiger partial charge in [0.1, 0.15) is 0 Å². The van der Waals surface area contributed by atoms with Crippen LogP contribution in [0.3, 0.4) is 0 Å². The van der Waals surface area contributed by atoms with Crippen LogP contribution in [-0.2, 0) is 0 Å². The van der Waals surface area contributed by atoms with Crippen molar-refractivity contribution in [1.82, 2.24) is 0 Å². The minimum atomic E-state index is 0. The van der Waals surface area contributed by atoms with Gasteiger partial charge in [-0.1, -0.05) is 0 Å². The molecule has 34 valence electrons. The van der Waals surface area contributed by atoms with Crippen molar-refractivity contribution in [2.45, 2.75) is 20.8 Å². The van der Waals surface area contributed by atoms with Gasteiger partial charge in [0.25, 0.3) is 0 Å². The molecule has 0 rings (SSSR count). The van der Waals surface area contributed by atoms with Crippen molar-refractivity contribution in [2.75, 3.05) is 0 Å². The topological polar surface area (TPSA) is 0 Å². The summed E-state index contributed by atoms with van der Waals surface area (Å²) in [5.74, 6) is 1.42. The zero-order valence-electron chi connectivity index (χ0n) is 4.59. The minimum Gasteiger partial charge on any atom is -1.00 e. The average Bonchev–Trinajstić information content (AvgIpc) is 0.811. The van der Waals surface area contributed by atoms with Crippen molar-refractivity contribution in [2.24, 2.45) is 0 Å².